The molecule has 1 aliphatic rings. The van der Waals surface area contributed by atoms with Gasteiger partial charge in [0.2, 0.25) is 17.4 Å². The fourth-order valence-electron chi connectivity index (χ4n) is 0.644. The van der Waals surface area contributed by atoms with Gasteiger partial charge in [0.25, 0.3) is 0 Å². The summed E-state index contributed by atoms with van der Waals surface area (Å²) >= 11 is 0. The first-order valence-electron chi connectivity index (χ1n) is 4.72. The van der Waals surface area contributed by atoms with Crippen LogP contribution in [0.1, 0.15) is 56.4 Å². The topological polar surface area (TPSA) is 55.4 Å². The Balaban J connectivity index is 0. The number of hydrogen-bond donors (Lipinski definition) is 0. The number of rotatable bonds is 0. The van der Waals surface area contributed by atoms with Crippen LogP contribution in [0, 0.1) is 0 Å². The Morgan fingerprint density at radius 2 is 0.529 bits per heavy atom. The average molecular weight is 254 g/mol. The maximum atomic E-state index is 5.01. The molecule has 0 aromatic heterocycles. The minimum Gasteiger partial charge on any atom is -0.196 e. The van der Waals surface area contributed by atoms with E-state index in [1.807, 2.05) is 0 Å². The van der Waals surface area contributed by atoms with Crippen molar-refractivity contribution in [1.29, 1.82) is 0 Å². The Labute approximate surface area is 104 Å². The highest BCUT2D eigenvalue weighted by Crippen LogP contribution is 2.27. The molecule has 0 aliphatic carbocycles. The molecule has 1 heterocycles. The Morgan fingerprint density at radius 1 is 0.412 bits per heavy atom. The van der Waals surface area contributed by atoms with E-state index in [9.17, 15) is 0 Å². The predicted octanol–water partition coefficient (Wildman–Crippen LogP) is 3.33. The van der Waals surface area contributed by atoms with E-state index in [2.05, 4.69) is 0 Å². The summed E-state index contributed by atoms with van der Waals surface area (Å²) < 4.78 is 0. The molecule has 0 bridgehead atoms. The lowest BCUT2D eigenvalue weighted by Gasteiger charge is -2.25. The summed E-state index contributed by atoms with van der Waals surface area (Å²) in [5.41, 5.74) is 0. The second kappa shape index (κ2) is 6.08. The van der Waals surface area contributed by atoms with E-state index in [0.29, 0.717) is 0 Å². The standard InChI is InChI=1S/C9H18O6.2CH4/c1-7(2)10-12-8(3,4)14-15-9(5,6)13-11-7;;/h1-6H3;2*1H4. The van der Waals surface area contributed by atoms with Crippen LogP contribution in [0.4, 0.5) is 0 Å². The predicted molar refractivity (Wildman–Crippen MR) is 62.2 cm³/mol. The minimum absolute atomic E-state index is 0. The first kappa shape index (κ1) is 19.1. The Bertz CT molecular complexity index is 168. The average Bonchev–Trinajstić information content (AvgIpc) is 2.12. The Morgan fingerprint density at radius 3 is 0.647 bits per heavy atom. The summed E-state index contributed by atoms with van der Waals surface area (Å²) in [4.78, 5) is 30.0. The fraction of sp³-hybridized carbons (Fsp3) is 1.00. The maximum Gasteiger partial charge on any atom is 0.228 e. The van der Waals surface area contributed by atoms with Crippen molar-refractivity contribution in [3.8, 4) is 0 Å². The Hall–Kier alpha value is -0.240. The zero-order valence-corrected chi connectivity index (χ0v) is 9.95. The van der Waals surface area contributed by atoms with Crippen molar-refractivity contribution in [2.24, 2.45) is 0 Å². The zero-order chi connectivity index (χ0) is 11.7. The molecule has 6 heteroatoms. The highest BCUT2D eigenvalue weighted by Gasteiger charge is 2.37. The van der Waals surface area contributed by atoms with Crippen LogP contribution in [0.25, 0.3) is 0 Å². The highest BCUT2D eigenvalue weighted by molar-refractivity contribution is 4.54. The van der Waals surface area contributed by atoms with Gasteiger partial charge in [0, 0.05) is 0 Å². The van der Waals surface area contributed by atoms with Crippen molar-refractivity contribution in [3.63, 3.8) is 0 Å². The molecule has 0 amide bonds. The third-order valence-electron chi connectivity index (χ3n) is 1.33. The van der Waals surface area contributed by atoms with Gasteiger partial charge in [0.05, 0.1) is 0 Å². The fourth-order valence-corrected chi connectivity index (χ4v) is 0.644. The van der Waals surface area contributed by atoms with Gasteiger partial charge in [-0.05, 0) is 41.5 Å². The molecule has 0 N–H and O–H groups in total. The molecular weight excluding hydrogens is 228 g/mol. The molecule has 0 atom stereocenters. The third kappa shape index (κ3) is 6.92. The van der Waals surface area contributed by atoms with Gasteiger partial charge in [-0.1, -0.05) is 14.9 Å². The van der Waals surface area contributed by atoms with Crippen LogP contribution in [0.15, 0.2) is 0 Å². The summed E-state index contributed by atoms with van der Waals surface area (Å²) in [5, 5.41) is 0. The van der Waals surface area contributed by atoms with E-state index in [0.717, 1.165) is 0 Å². The molecule has 0 saturated carbocycles. The van der Waals surface area contributed by atoms with Crippen molar-refractivity contribution in [2.75, 3.05) is 0 Å². The van der Waals surface area contributed by atoms with Crippen molar-refractivity contribution < 1.29 is 29.3 Å². The van der Waals surface area contributed by atoms with E-state index >= 15 is 0 Å². The molecule has 1 saturated heterocycles. The quantitative estimate of drug-likeness (QED) is 0.618. The highest BCUT2D eigenvalue weighted by atomic mass is 17.4. The van der Waals surface area contributed by atoms with E-state index in [1.54, 1.807) is 41.5 Å². The van der Waals surface area contributed by atoms with Gasteiger partial charge in [0.15, 0.2) is 0 Å². The van der Waals surface area contributed by atoms with Gasteiger partial charge in [-0.25, -0.2) is 0 Å². The maximum absolute atomic E-state index is 5.01. The van der Waals surface area contributed by atoms with Crippen LogP contribution >= 0.6 is 0 Å². The van der Waals surface area contributed by atoms with Gasteiger partial charge in [-0.3, -0.25) is 0 Å². The first-order chi connectivity index (χ1) is 6.62. The molecule has 17 heavy (non-hydrogen) atoms. The molecular formula is C11H26O6. The van der Waals surface area contributed by atoms with Crippen LogP contribution in [0.2, 0.25) is 0 Å². The summed E-state index contributed by atoms with van der Waals surface area (Å²) in [6.45, 7) is 9.86. The molecule has 1 aliphatic heterocycles. The van der Waals surface area contributed by atoms with Crippen LogP contribution in [-0.2, 0) is 29.3 Å². The van der Waals surface area contributed by atoms with Crippen molar-refractivity contribution in [2.45, 2.75) is 73.8 Å². The van der Waals surface area contributed by atoms with Gasteiger partial charge >= 0.3 is 0 Å². The first-order valence-corrected chi connectivity index (χ1v) is 4.72. The van der Waals surface area contributed by atoms with Gasteiger partial charge < -0.3 is 0 Å². The molecule has 0 unspecified atom stereocenters. The monoisotopic (exact) mass is 254 g/mol. The lowest BCUT2D eigenvalue weighted by molar-refractivity contribution is -0.534. The lowest BCUT2D eigenvalue weighted by Crippen LogP contribution is -2.34. The summed E-state index contributed by atoms with van der Waals surface area (Å²) in [5.74, 6) is -3.15. The van der Waals surface area contributed by atoms with Crippen molar-refractivity contribution in [3.05, 3.63) is 0 Å². The van der Waals surface area contributed by atoms with E-state index in [-0.39, 0.29) is 14.9 Å². The Kier molecular flexibility index (Phi) is 6.84. The smallest absolute Gasteiger partial charge is 0.196 e. The summed E-state index contributed by atoms with van der Waals surface area (Å²) in [6, 6.07) is 0. The normalized spacial score (nSPS) is 26.5. The minimum atomic E-state index is -1.05. The van der Waals surface area contributed by atoms with Crippen LogP contribution in [0.5, 0.6) is 0 Å². The number of hydrogen-bond acceptors (Lipinski definition) is 6. The molecule has 106 valence electrons. The molecule has 6 nitrogen and oxygen atoms in total. The van der Waals surface area contributed by atoms with Gasteiger partial charge in [-0.2, -0.15) is 29.3 Å². The van der Waals surface area contributed by atoms with E-state index in [4.69, 9.17) is 29.3 Å². The van der Waals surface area contributed by atoms with E-state index < -0.39 is 17.4 Å². The second-order valence-corrected chi connectivity index (χ2v) is 4.70. The molecule has 0 spiro atoms. The van der Waals surface area contributed by atoms with Gasteiger partial charge in [-0.15, -0.1) is 0 Å². The van der Waals surface area contributed by atoms with Crippen molar-refractivity contribution in [1.82, 2.24) is 0 Å². The largest absolute Gasteiger partial charge is 0.228 e. The molecule has 1 fully saturated rings. The third-order valence-corrected chi connectivity index (χ3v) is 1.33. The summed E-state index contributed by atoms with van der Waals surface area (Å²) in [6.07, 6.45) is 0. The van der Waals surface area contributed by atoms with E-state index in [1.165, 1.54) is 0 Å². The SMILES string of the molecule is C.C.CC1(C)OOC(C)(C)OOC(C)(C)OO1. The molecule has 1 rings (SSSR count). The van der Waals surface area contributed by atoms with Gasteiger partial charge in [0.1, 0.15) is 0 Å². The molecule has 0 radical (unpaired) electrons. The van der Waals surface area contributed by atoms with Crippen LogP contribution < -0.4 is 0 Å². The van der Waals surface area contributed by atoms with Crippen LogP contribution in [0.3, 0.4) is 0 Å². The molecule has 0 aromatic carbocycles. The van der Waals surface area contributed by atoms with Crippen molar-refractivity contribution >= 4 is 0 Å². The zero-order valence-electron chi connectivity index (χ0n) is 9.95. The van der Waals surface area contributed by atoms with Crippen LogP contribution in [-0.4, -0.2) is 17.4 Å². The second-order valence-electron chi connectivity index (χ2n) is 4.70. The summed E-state index contributed by atoms with van der Waals surface area (Å²) in [7, 11) is 0. The lowest BCUT2D eigenvalue weighted by atomic mass is 10.4. The molecule has 0 aromatic rings.